The van der Waals surface area contributed by atoms with E-state index in [4.69, 9.17) is 0 Å². The number of nitrogens with zero attached hydrogens (tertiary/aromatic N) is 1. The Kier molecular flexibility index (Phi) is 3.59. The summed E-state index contributed by atoms with van der Waals surface area (Å²) in [6.07, 6.45) is 2.92. The van der Waals surface area contributed by atoms with Gasteiger partial charge in [0.05, 0.1) is 17.8 Å². The number of rotatable bonds is 4. The van der Waals surface area contributed by atoms with E-state index in [1.165, 1.54) is 24.3 Å². The Morgan fingerprint density at radius 3 is 2.36 bits per heavy atom. The minimum atomic E-state index is -1.34. The molecule has 1 saturated heterocycles. The summed E-state index contributed by atoms with van der Waals surface area (Å²) >= 11 is 0. The van der Waals surface area contributed by atoms with Crippen LogP contribution in [0, 0.1) is 23.7 Å². The number of carbonyl (C=O) groups excluding carboxylic acids is 4. The van der Waals surface area contributed by atoms with Crippen molar-refractivity contribution in [2.45, 2.75) is 19.3 Å². The van der Waals surface area contributed by atoms with Gasteiger partial charge in [-0.1, -0.05) is 12.1 Å². The number of aromatic carboxylic acids is 1. The standard InChI is InChI=1S/C18H18N2O5/c21-13(19-12-3-1-2-11(7-12)18(24)25)8-20-16(22)14-9-4-5-10(6-9)15(14)17(20)23/h1-3,7,9-10,14-15H,4-6,8H2,(H,19,21)(H,24,25)/p-1. The number of anilines is 1. The second kappa shape index (κ2) is 5.68. The van der Waals surface area contributed by atoms with Crippen LogP contribution in [-0.4, -0.2) is 35.1 Å². The van der Waals surface area contributed by atoms with Crippen LogP contribution in [-0.2, 0) is 14.4 Å². The minimum Gasteiger partial charge on any atom is -0.545 e. The Morgan fingerprint density at radius 2 is 1.76 bits per heavy atom. The Hall–Kier alpha value is -2.70. The van der Waals surface area contributed by atoms with Gasteiger partial charge in [0.1, 0.15) is 6.54 Å². The van der Waals surface area contributed by atoms with Gasteiger partial charge in [-0.3, -0.25) is 19.3 Å². The zero-order valence-electron chi connectivity index (χ0n) is 13.4. The molecule has 7 nitrogen and oxygen atoms in total. The van der Waals surface area contributed by atoms with Gasteiger partial charge < -0.3 is 15.2 Å². The van der Waals surface area contributed by atoms with Gasteiger partial charge >= 0.3 is 0 Å². The van der Waals surface area contributed by atoms with Crippen LogP contribution >= 0.6 is 0 Å². The molecule has 1 N–H and O–H groups in total. The van der Waals surface area contributed by atoms with Crippen molar-refractivity contribution in [2.75, 3.05) is 11.9 Å². The van der Waals surface area contributed by atoms with Crippen molar-refractivity contribution >= 4 is 29.4 Å². The van der Waals surface area contributed by atoms with Gasteiger partial charge in [0.15, 0.2) is 0 Å². The van der Waals surface area contributed by atoms with E-state index in [2.05, 4.69) is 5.32 Å². The molecule has 3 aliphatic rings. The van der Waals surface area contributed by atoms with E-state index in [1.54, 1.807) is 0 Å². The molecule has 0 spiro atoms. The third kappa shape index (κ3) is 2.50. The van der Waals surface area contributed by atoms with Gasteiger partial charge in [-0.05, 0) is 48.8 Å². The van der Waals surface area contributed by atoms with Gasteiger partial charge in [0.25, 0.3) is 0 Å². The molecule has 7 heteroatoms. The highest BCUT2D eigenvalue weighted by Crippen LogP contribution is 2.56. The zero-order chi connectivity index (χ0) is 17.7. The average Bonchev–Trinajstić information content (AvgIpc) is 3.25. The molecule has 3 fully saturated rings. The Balaban J connectivity index is 1.45. The maximum atomic E-state index is 12.6. The highest BCUT2D eigenvalue weighted by molar-refractivity contribution is 6.09. The van der Waals surface area contributed by atoms with Crippen molar-refractivity contribution in [3.63, 3.8) is 0 Å². The Labute approximate surface area is 144 Å². The summed E-state index contributed by atoms with van der Waals surface area (Å²) in [5, 5.41) is 13.4. The molecule has 1 aromatic carbocycles. The molecule has 0 radical (unpaired) electrons. The number of nitrogens with one attached hydrogen (secondary N) is 1. The van der Waals surface area contributed by atoms with Crippen molar-refractivity contribution in [3.8, 4) is 0 Å². The van der Waals surface area contributed by atoms with Gasteiger partial charge in [0.2, 0.25) is 17.7 Å². The number of likely N-dealkylation sites (tertiary alicyclic amines) is 1. The molecule has 2 aliphatic carbocycles. The molecule has 2 saturated carbocycles. The fourth-order valence-corrected chi connectivity index (χ4v) is 4.69. The Bertz CT molecular complexity index is 761. The fourth-order valence-electron chi connectivity index (χ4n) is 4.69. The quantitative estimate of drug-likeness (QED) is 0.777. The number of hydrogen-bond acceptors (Lipinski definition) is 5. The monoisotopic (exact) mass is 341 g/mol. The second-order valence-electron chi connectivity index (χ2n) is 7.06. The lowest BCUT2D eigenvalue weighted by molar-refractivity contribution is -0.255. The number of carboxylic acids is 1. The maximum Gasteiger partial charge on any atom is 0.244 e. The van der Waals surface area contributed by atoms with Gasteiger partial charge in [-0.25, -0.2) is 0 Å². The van der Waals surface area contributed by atoms with Gasteiger partial charge in [-0.2, -0.15) is 0 Å². The summed E-state index contributed by atoms with van der Waals surface area (Å²) in [7, 11) is 0. The van der Waals surface area contributed by atoms with Crippen molar-refractivity contribution < 1.29 is 24.3 Å². The van der Waals surface area contributed by atoms with E-state index in [0.29, 0.717) is 0 Å². The lowest BCUT2D eigenvalue weighted by Gasteiger charge is -2.19. The van der Waals surface area contributed by atoms with Crippen LogP contribution < -0.4 is 10.4 Å². The topological polar surface area (TPSA) is 107 Å². The molecule has 1 aliphatic heterocycles. The summed E-state index contributed by atoms with van der Waals surface area (Å²) in [6, 6.07) is 5.65. The first kappa shape index (κ1) is 15.8. The SMILES string of the molecule is O=C(CN1C(=O)C2C3CCC(C3)C2C1=O)Nc1cccc(C(=O)[O-])c1. The lowest BCUT2D eigenvalue weighted by Crippen LogP contribution is -2.39. The third-order valence-corrected chi connectivity index (χ3v) is 5.70. The molecule has 1 heterocycles. The molecule has 2 bridgehead atoms. The second-order valence-corrected chi connectivity index (χ2v) is 7.06. The lowest BCUT2D eigenvalue weighted by atomic mass is 9.81. The molecular formula is C18H17N2O5-. The first-order chi connectivity index (χ1) is 12.0. The number of amides is 3. The largest absolute Gasteiger partial charge is 0.545 e. The van der Waals surface area contributed by atoms with Crippen LogP contribution in [0.5, 0.6) is 0 Å². The van der Waals surface area contributed by atoms with Crippen molar-refractivity contribution in [3.05, 3.63) is 29.8 Å². The van der Waals surface area contributed by atoms with Crippen molar-refractivity contribution in [1.29, 1.82) is 0 Å². The van der Waals surface area contributed by atoms with E-state index in [1.807, 2.05) is 0 Å². The molecule has 4 rings (SSSR count). The van der Waals surface area contributed by atoms with E-state index < -0.39 is 11.9 Å². The highest BCUT2D eigenvalue weighted by Gasteiger charge is 2.60. The van der Waals surface area contributed by atoms with Crippen molar-refractivity contribution in [2.24, 2.45) is 23.7 Å². The number of benzene rings is 1. The maximum absolute atomic E-state index is 12.6. The molecule has 130 valence electrons. The highest BCUT2D eigenvalue weighted by atomic mass is 16.4. The molecule has 4 atom stereocenters. The van der Waals surface area contributed by atoms with E-state index in [-0.39, 0.29) is 53.3 Å². The van der Waals surface area contributed by atoms with E-state index >= 15 is 0 Å². The van der Waals surface area contributed by atoms with Gasteiger partial charge in [-0.15, -0.1) is 0 Å². The van der Waals surface area contributed by atoms with E-state index in [0.717, 1.165) is 24.2 Å². The summed E-state index contributed by atoms with van der Waals surface area (Å²) < 4.78 is 0. The van der Waals surface area contributed by atoms with Crippen LogP contribution in [0.1, 0.15) is 29.6 Å². The number of carboxylic acid groups (broad SMARTS) is 1. The number of fused-ring (bicyclic) bond motifs is 5. The summed E-state index contributed by atoms with van der Waals surface area (Å²) in [6.45, 7) is -0.334. The van der Waals surface area contributed by atoms with Crippen LogP contribution in [0.3, 0.4) is 0 Å². The zero-order valence-corrected chi connectivity index (χ0v) is 13.4. The summed E-state index contributed by atoms with van der Waals surface area (Å²) in [5.74, 6) is -2.28. The molecule has 1 aromatic rings. The number of carbonyl (C=O) groups is 4. The number of hydrogen-bond donors (Lipinski definition) is 1. The first-order valence-electron chi connectivity index (χ1n) is 8.42. The van der Waals surface area contributed by atoms with E-state index in [9.17, 15) is 24.3 Å². The average molecular weight is 341 g/mol. The Morgan fingerprint density at radius 1 is 1.12 bits per heavy atom. The van der Waals surface area contributed by atoms with Crippen molar-refractivity contribution in [1.82, 2.24) is 4.90 Å². The first-order valence-corrected chi connectivity index (χ1v) is 8.42. The summed E-state index contributed by atoms with van der Waals surface area (Å²) in [5.41, 5.74) is 0.225. The predicted octanol–water partition coefficient (Wildman–Crippen LogP) is 0.0197. The molecule has 3 amide bonds. The van der Waals surface area contributed by atoms with Crippen LogP contribution in [0.15, 0.2) is 24.3 Å². The molecule has 25 heavy (non-hydrogen) atoms. The number of imide groups is 1. The molecular weight excluding hydrogens is 324 g/mol. The summed E-state index contributed by atoms with van der Waals surface area (Å²) in [4.78, 5) is 49.3. The molecule has 4 unspecified atom stereocenters. The normalized spacial score (nSPS) is 29.8. The van der Waals surface area contributed by atoms with Crippen LogP contribution in [0.2, 0.25) is 0 Å². The van der Waals surface area contributed by atoms with Crippen LogP contribution in [0.4, 0.5) is 5.69 Å². The molecule has 0 aromatic heterocycles. The fraction of sp³-hybridized carbons (Fsp3) is 0.444. The van der Waals surface area contributed by atoms with Gasteiger partial charge in [0, 0.05) is 5.69 Å². The minimum absolute atomic E-state index is 0.0581. The van der Waals surface area contributed by atoms with Crippen LogP contribution in [0.25, 0.3) is 0 Å². The smallest absolute Gasteiger partial charge is 0.244 e. The third-order valence-electron chi connectivity index (χ3n) is 5.70. The predicted molar refractivity (Wildman–Crippen MR) is 83.9 cm³/mol.